The van der Waals surface area contributed by atoms with E-state index in [4.69, 9.17) is 4.74 Å². The fourth-order valence-corrected chi connectivity index (χ4v) is 2.97. The number of cyclic esters (lactones) is 1. The van der Waals surface area contributed by atoms with E-state index in [0.29, 0.717) is 6.42 Å². The Morgan fingerprint density at radius 1 is 1.05 bits per heavy atom. The van der Waals surface area contributed by atoms with Crippen molar-refractivity contribution in [3.8, 4) is 0 Å². The Labute approximate surface area is 119 Å². The van der Waals surface area contributed by atoms with Crippen molar-refractivity contribution >= 4 is 5.97 Å². The van der Waals surface area contributed by atoms with Crippen LogP contribution in [0.15, 0.2) is 54.6 Å². The molecule has 0 unspecified atom stereocenters. The van der Waals surface area contributed by atoms with Gasteiger partial charge in [0.25, 0.3) is 0 Å². The summed E-state index contributed by atoms with van der Waals surface area (Å²) in [6, 6.07) is 18.4. The Balaban J connectivity index is 2.04. The molecule has 102 valence electrons. The van der Waals surface area contributed by atoms with Crippen LogP contribution in [0.1, 0.15) is 36.0 Å². The summed E-state index contributed by atoms with van der Waals surface area (Å²) >= 11 is 0. The van der Waals surface area contributed by atoms with Gasteiger partial charge in [-0.15, -0.1) is 0 Å². The van der Waals surface area contributed by atoms with Crippen molar-refractivity contribution in [2.24, 2.45) is 0 Å². The van der Waals surface area contributed by atoms with Crippen molar-refractivity contribution < 1.29 is 9.53 Å². The molecule has 0 bridgehead atoms. The third kappa shape index (κ3) is 2.11. The standard InChI is InChI=1S/C18H18O2/c1-13-8-10-14(11-9-13)16-12-17(19)20-18(16,2)15-6-4-3-5-7-15/h3-11,16H,12H2,1-2H3/t16-,18+/m0/s1. The van der Waals surface area contributed by atoms with Crippen LogP contribution in [0.5, 0.6) is 0 Å². The van der Waals surface area contributed by atoms with E-state index in [1.54, 1.807) is 0 Å². The number of hydrogen-bond acceptors (Lipinski definition) is 2. The summed E-state index contributed by atoms with van der Waals surface area (Å²) in [5.41, 5.74) is 2.86. The molecule has 3 rings (SSSR count). The van der Waals surface area contributed by atoms with Crippen molar-refractivity contribution in [3.05, 3.63) is 71.3 Å². The Kier molecular flexibility index (Phi) is 3.09. The van der Waals surface area contributed by atoms with E-state index in [9.17, 15) is 4.79 Å². The topological polar surface area (TPSA) is 26.3 Å². The molecule has 2 atom stereocenters. The van der Waals surface area contributed by atoms with E-state index >= 15 is 0 Å². The molecule has 1 fully saturated rings. The van der Waals surface area contributed by atoms with Crippen LogP contribution in [-0.4, -0.2) is 5.97 Å². The predicted octanol–water partition coefficient (Wildman–Crippen LogP) is 3.94. The lowest BCUT2D eigenvalue weighted by Gasteiger charge is -2.30. The zero-order valence-corrected chi connectivity index (χ0v) is 11.8. The van der Waals surface area contributed by atoms with Gasteiger partial charge in [-0.3, -0.25) is 4.79 Å². The van der Waals surface area contributed by atoms with Crippen molar-refractivity contribution in [1.82, 2.24) is 0 Å². The minimum absolute atomic E-state index is 0.0676. The first-order chi connectivity index (χ1) is 9.59. The number of aryl methyl sites for hydroxylation is 1. The van der Waals surface area contributed by atoms with E-state index < -0.39 is 5.60 Å². The minimum Gasteiger partial charge on any atom is -0.454 e. The first-order valence-corrected chi connectivity index (χ1v) is 6.93. The fourth-order valence-electron chi connectivity index (χ4n) is 2.97. The van der Waals surface area contributed by atoms with Crippen LogP contribution in [-0.2, 0) is 15.1 Å². The normalized spacial score (nSPS) is 25.5. The van der Waals surface area contributed by atoms with Gasteiger partial charge < -0.3 is 4.74 Å². The van der Waals surface area contributed by atoms with Crippen LogP contribution in [0, 0.1) is 6.92 Å². The maximum atomic E-state index is 11.9. The average Bonchev–Trinajstić information content (AvgIpc) is 2.77. The number of rotatable bonds is 2. The first kappa shape index (κ1) is 12.9. The van der Waals surface area contributed by atoms with Gasteiger partial charge in [-0.25, -0.2) is 0 Å². The highest BCUT2D eigenvalue weighted by molar-refractivity contribution is 5.75. The van der Waals surface area contributed by atoms with Gasteiger partial charge in [-0.1, -0.05) is 60.2 Å². The largest absolute Gasteiger partial charge is 0.454 e. The monoisotopic (exact) mass is 266 g/mol. The maximum Gasteiger partial charge on any atom is 0.307 e. The summed E-state index contributed by atoms with van der Waals surface area (Å²) in [7, 11) is 0. The molecule has 2 aromatic rings. The van der Waals surface area contributed by atoms with E-state index in [2.05, 4.69) is 31.2 Å². The molecule has 0 aliphatic carbocycles. The van der Waals surface area contributed by atoms with E-state index in [-0.39, 0.29) is 11.9 Å². The summed E-state index contributed by atoms with van der Waals surface area (Å²) in [4.78, 5) is 11.9. The molecule has 0 amide bonds. The highest BCUT2D eigenvalue weighted by Crippen LogP contribution is 2.47. The third-order valence-corrected chi connectivity index (χ3v) is 4.19. The second-order valence-electron chi connectivity index (χ2n) is 5.61. The summed E-state index contributed by atoms with van der Waals surface area (Å²) in [6.07, 6.45) is 0.439. The van der Waals surface area contributed by atoms with Gasteiger partial charge in [0, 0.05) is 5.92 Å². The number of carbonyl (C=O) groups is 1. The molecule has 0 radical (unpaired) electrons. The molecule has 20 heavy (non-hydrogen) atoms. The quantitative estimate of drug-likeness (QED) is 0.770. The number of benzene rings is 2. The van der Waals surface area contributed by atoms with Crippen molar-refractivity contribution in [3.63, 3.8) is 0 Å². The molecule has 0 spiro atoms. The van der Waals surface area contributed by atoms with Crippen molar-refractivity contribution in [2.75, 3.05) is 0 Å². The number of carbonyl (C=O) groups excluding carboxylic acids is 1. The molecule has 0 aromatic heterocycles. The SMILES string of the molecule is Cc1ccc([C@@H]2CC(=O)O[C@]2(C)c2ccccc2)cc1. The molecule has 1 heterocycles. The average molecular weight is 266 g/mol. The molecule has 2 nitrogen and oxygen atoms in total. The van der Waals surface area contributed by atoms with Gasteiger partial charge in [0.05, 0.1) is 6.42 Å². The smallest absolute Gasteiger partial charge is 0.307 e. The Morgan fingerprint density at radius 3 is 2.35 bits per heavy atom. The molecular weight excluding hydrogens is 248 g/mol. The molecule has 0 saturated carbocycles. The van der Waals surface area contributed by atoms with Gasteiger partial charge >= 0.3 is 5.97 Å². The van der Waals surface area contributed by atoms with Crippen LogP contribution in [0.25, 0.3) is 0 Å². The second kappa shape index (κ2) is 4.78. The van der Waals surface area contributed by atoms with Crippen LogP contribution in [0.4, 0.5) is 0 Å². The lowest BCUT2D eigenvalue weighted by atomic mass is 9.78. The van der Waals surface area contributed by atoms with E-state index in [1.807, 2.05) is 37.3 Å². The Hall–Kier alpha value is -2.09. The predicted molar refractivity (Wildman–Crippen MR) is 78.4 cm³/mol. The minimum atomic E-state index is -0.576. The summed E-state index contributed by atoms with van der Waals surface area (Å²) in [5, 5.41) is 0. The first-order valence-electron chi connectivity index (χ1n) is 6.93. The van der Waals surface area contributed by atoms with Crippen molar-refractivity contribution in [2.45, 2.75) is 31.8 Å². The molecule has 1 aliphatic heterocycles. The number of esters is 1. The highest BCUT2D eigenvalue weighted by atomic mass is 16.6. The van der Waals surface area contributed by atoms with Gasteiger partial charge in [-0.05, 0) is 25.0 Å². The van der Waals surface area contributed by atoms with Crippen LogP contribution < -0.4 is 0 Å². The molecule has 2 heteroatoms. The van der Waals surface area contributed by atoms with E-state index in [0.717, 1.165) is 11.1 Å². The Morgan fingerprint density at radius 2 is 1.70 bits per heavy atom. The maximum absolute atomic E-state index is 11.9. The molecular formula is C18H18O2. The Bertz CT molecular complexity index is 616. The summed E-state index contributed by atoms with van der Waals surface area (Å²) < 4.78 is 5.69. The second-order valence-corrected chi connectivity index (χ2v) is 5.61. The van der Waals surface area contributed by atoms with Gasteiger partial charge in [0.2, 0.25) is 0 Å². The molecule has 0 N–H and O–H groups in total. The zero-order chi connectivity index (χ0) is 14.2. The molecule has 1 aliphatic rings. The zero-order valence-electron chi connectivity index (χ0n) is 11.8. The summed E-state index contributed by atoms with van der Waals surface area (Å²) in [6.45, 7) is 4.08. The van der Waals surface area contributed by atoms with Crippen LogP contribution in [0.3, 0.4) is 0 Å². The van der Waals surface area contributed by atoms with E-state index in [1.165, 1.54) is 5.56 Å². The van der Waals surface area contributed by atoms with Crippen LogP contribution >= 0.6 is 0 Å². The highest BCUT2D eigenvalue weighted by Gasteiger charge is 2.47. The summed E-state index contributed by atoms with van der Waals surface area (Å²) in [5.74, 6) is -0.0556. The van der Waals surface area contributed by atoms with Gasteiger partial charge in [0.1, 0.15) is 5.60 Å². The molecule has 1 saturated heterocycles. The lowest BCUT2D eigenvalue weighted by molar-refractivity contribution is -0.148. The number of hydrogen-bond donors (Lipinski definition) is 0. The molecule has 2 aromatic carbocycles. The van der Waals surface area contributed by atoms with Crippen LogP contribution in [0.2, 0.25) is 0 Å². The van der Waals surface area contributed by atoms with Gasteiger partial charge in [0.15, 0.2) is 0 Å². The van der Waals surface area contributed by atoms with Gasteiger partial charge in [-0.2, -0.15) is 0 Å². The fraction of sp³-hybridized carbons (Fsp3) is 0.278. The lowest BCUT2D eigenvalue weighted by Crippen LogP contribution is -2.27. The number of ether oxygens (including phenoxy) is 1. The van der Waals surface area contributed by atoms with Crippen molar-refractivity contribution in [1.29, 1.82) is 0 Å². The third-order valence-electron chi connectivity index (χ3n) is 4.19.